The largest absolute Gasteiger partial charge is 0.348 e. The number of nitrogens with zero attached hydrogens (tertiary/aromatic N) is 3. The van der Waals surface area contributed by atoms with Gasteiger partial charge in [0, 0.05) is 39.3 Å². The van der Waals surface area contributed by atoms with Crippen LogP contribution in [-0.2, 0) is 9.59 Å². The third kappa shape index (κ3) is 6.54. The summed E-state index contributed by atoms with van der Waals surface area (Å²) in [6, 6.07) is 10.0. The fourth-order valence-corrected chi connectivity index (χ4v) is 4.58. The molecule has 2 aliphatic heterocycles. The van der Waals surface area contributed by atoms with Gasteiger partial charge in [0.25, 0.3) is 0 Å². The van der Waals surface area contributed by atoms with Crippen LogP contribution >= 0.6 is 0 Å². The maximum absolute atomic E-state index is 12.7. The van der Waals surface area contributed by atoms with E-state index in [4.69, 9.17) is 0 Å². The maximum Gasteiger partial charge on any atom is 0.236 e. The molecule has 0 saturated carbocycles. The van der Waals surface area contributed by atoms with E-state index in [-0.39, 0.29) is 17.9 Å². The van der Waals surface area contributed by atoms with Gasteiger partial charge in [-0.1, -0.05) is 44.2 Å². The zero-order valence-corrected chi connectivity index (χ0v) is 18.1. The van der Waals surface area contributed by atoms with Gasteiger partial charge in [0.2, 0.25) is 11.8 Å². The van der Waals surface area contributed by atoms with E-state index >= 15 is 0 Å². The zero-order valence-electron chi connectivity index (χ0n) is 18.1. The number of amides is 2. The Hall–Kier alpha value is -1.92. The molecule has 0 spiro atoms. The van der Waals surface area contributed by atoms with Gasteiger partial charge in [-0.25, -0.2) is 0 Å². The number of piperidine rings is 1. The number of nitrogens with one attached hydrogen (secondary N) is 1. The Labute approximate surface area is 175 Å². The van der Waals surface area contributed by atoms with Crippen LogP contribution in [0.25, 0.3) is 0 Å². The van der Waals surface area contributed by atoms with Gasteiger partial charge >= 0.3 is 0 Å². The summed E-state index contributed by atoms with van der Waals surface area (Å²) in [7, 11) is 0. The molecule has 0 aliphatic carbocycles. The third-order valence-electron chi connectivity index (χ3n) is 6.09. The lowest BCUT2D eigenvalue weighted by Gasteiger charge is -2.38. The highest BCUT2D eigenvalue weighted by Gasteiger charge is 2.27. The summed E-state index contributed by atoms with van der Waals surface area (Å²) in [5, 5.41) is 3.08. The first-order chi connectivity index (χ1) is 13.9. The molecule has 3 atom stereocenters. The van der Waals surface area contributed by atoms with Crippen LogP contribution in [0, 0.1) is 11.8 Å². The average molecular weight is 401 g/mol. The van der Waals surface area contributed by atoms with E-state index in [2.05, 4.69) is 29.0 Å². The molecular formula is C23H36N4O2. The second-order valence-electron chi connectivity index (χ2n) is 9.00. The normalized spacial score (nSPS) is 24.9. The molecule has 0 aromatic heterocycles. The van der Waals surface area contributed by atoms with Crippen molar-refractivity contribution in [1.82, 2.24) is 20.0 Å². The van der Waals surface area contributed by atoms with E-state index in [0.717, 1.165) is 44.8 Å². The predicted octanol–water partition coefficient (Wildman–Crippen LogP) is 1.99. The molecular weight excluding hydrogens is 364 g/mol. The molecule has 0 unspecified atom stereocenters. The number of likely N-dealkylation sites (tertiary alicyclic amines) is 1. The van der Waals surface area contributed by atoms with E-state index in [1.54, 1.807) is 0 Å². The third-order valence-corrected chi connectivity index (χ3v) is 6.09. The second-order valence-corrected chi connectivity index (χ2v) is 9.00. The number of carbonyl (C=O) groups excluding carboxylic acids is 2. The summed E-state index contributed by atoms with van der Waals surface area (Å²) in [6.45, 7) is 12.5. The molecule has 29 heavy (non-hydrogen) atoms. The Morgan fingerprint density at radius 1 is 0.966 bits per heavy atom. The lowest BCUT2D eigenvalue weighted by atomic mass is 9.92. The first-order valence-electron chi connectivity index (χ1n) is 11.0. The Kier molecular flexibility index (Phi) is 7.67. The molecule has 1 aromatic carbocycles. The highest BCUT2D eigenvalue weighted by atomic mass is 16.2. The molecule has 2 heterocycles. The van der Waals surface area contributed by atoms with Gasteiger partial charge in [0.15, 0.2) is 0 Å². The lowest BCUT2D eigenvalue weighted by Crippen LogP contribution is -2.53. The van der Waals surface area contributed by atoms with Gasteiger partial charge in [0.05, 0.1) is 19.1 Å². The summed E-state index contributed by atoms with van der Waals surface area (Å²) in [5.74, 6) is 1.50. The monoisotopic (exact) mass is 400 g/mol. The minimum absolute atomic E-state index is 0.0111. The van der Waals surface area contributed by atoms with E-state index in [0.29, 0.717) is 24.9 Å². The number of piperazine rings is 1. The molecule has 2 aliphatic rings. The average Bonchev–Trinajstić information content (AvgIpc) is 2.69. The summed E-state index contributed by atoms with van der Waals surface area (Å²) in [4.78, 5) is 31.5. The number of benzene rings is 1. The molecule has 2 amide bonds. The smallest absolute Gasteiger partial charge is 0.236 e. The van der Waals surface area contributed by atoms with E-state index in [1.165, 1.54) is 6.42 Å². The van der Waals surface area contributed by atoms with Crippen molar-refractivity contribution in [2.75, 3.05) is 52.4 Å². The Bertz CT molecular complexity index is 663. The minimum atomic E-state index is 0.0111. The van der Waals surface area contributed by atoms with Crippen molar-refractivity contribution in [3.05, 3.63) is 35.9 Å². The molecule has 0 radical (unpaired) electrons. The molecule has 3 rings (SSSR count). The zero-order chi connectivity index (χ0) is 20.8. The summed E-state index contributed by atoms with van der Waals surface area (Å²) in [6.07, 6.45) is 1.22. The van der Waals surface area contributed by atoms with Crippen molar-refractivity contribution in [3.8, 4) is 0 Å². The molecule has 1 aromatic rings. The van der Waals surface area contributed by atoms with E-state index in [9.17, 15) is 9.59 Å². The SMILES string of the molecule is C[C@@H]1C[C@@H](C)CN(C(=O)CN2CCN(CC(=O)N[C@H](C)c3ccccc3)CC2)C1. The fraction of sp³-hybridized carbons (Fsp3) is 0.652. The molecule has 6 heteroatoms. The first-order valence-corrected chi connectivity index (χ1v) is 11.0. The molecule has 6 nitrogen and oxygen atoms in total. The van der Waals surface area contributed by atoms with Crippen LogP contribution in [0.5, 0.6) is 0 Å². The van der Waals surface area contributed by atoms with Crippen molar-refractivity contribution >= 4 is 11.8 Å². The number of hydrogen-bond acceptors (Lipinski definition) is 4. The van der Waals surface area contributed by atoms with Gasteiger partial charge in [-0.2, -0.15) is 0 Å². The Morgan fingerprint density at radius 2 is 1.52 bits per heavy atom. The number of rotatable bonds is 6. The number of hydrogen-bond donors (Lipinski definition) is 1. The van der Waals surface area contributed by atoms with Gasteiger partial charge in [-0.15, -0.1) is 0 Å². The van der Waals surface area contributed by atoms with Gasteiger partial charge in [-0.05, 0) is 30.7 Å². The van der Waals surface area contributed by atoms with E-state index in [1.807, 2.05) is 42.2 Å². The van der Waals surface area contributed by atoms with Crippen molar-refractivity contribution in [3.63, 3.8) is 0 Å². The van der Waals surface area contributed by atoms with Crippen molar-refractivity contribution in [2.45, 2.75) is 33.2 Å². The molecule has 2 fully saturated rings. The van der Waals surface area contributed by atoms with Crippen LogP contribution in [0.3, 0.4) is 0 Å². The van der Waals surface area contributed by atoms with Crippen molar-refractivity contribution < 1.29 is 9.59 Å². The topological polar surface area (TPSA) is 55.9 Å². The summed E-state index contributed by atoms with van der Waals surface area (Å²) < 4.78 is 0. The van der Waals surface area contributed by atoms with Crippen LogP contribution in [-0.4, -0.2) is 78.9 Å². The van der Waals surface area contributed by atoms with Crippen LogP contribution < -0.4 is 5.32 Å². The van der Waals surface area contributed by atoms with Crippen LogP contribution in [0.15, 0.2) is 30.3 Å². The van der Waals surface area contributed by atoms with Gasteiger partial charge < -0.3 is 10.2 Å². The molecule has 2 saturated heterocycles. The summed E-state index contributed by atoms with van der Waals surface area (Å²) >= 11 is 0. The molecule has 160 valence electrons. The minimum Gasteiger partial charge on any atom is -0.348 e. The highest BCUT2D eigenvalue weighted by molar-refractivity contribution is 5.79. The second kappa shape index (κ2) is 10.2. The van der Waals surface area contributed by atoms with Crippen molar-refractivity contribution in [2.24, 2.45) is 11.8 Å². The lowest BCUT2D eigenvalue weighted by molar-refractivity contribution is -0.135. The summed E-state index contributed by atoms with van der Waals surface area (Å²) in [5.41, 5.74) is 1.12. The quantitative estimate of drug-likeness (QED) is 0.793. The molecule has 0 bridgehead atoms. The van der Waals surface area contributed by atoms with Crippen LogP contribution in [0.2, 0.25) is 0 Å². The van der Waals surface area contributed by atoms with Gasteiger partial charge in [-0.3, -0.25) is 19.4 Å². The van der Waals surface area contributed by atoms with Gasteiger partial charge in [0.1, 0.15) is 0 Å². The highest BCUT2D eigenvalue weighted by Crippen LogP contribution is 2.21. The fourth-order valence-electron chi connectivity index (χ4n) is 4.58. The van der Waals surface area contributed by atoms with Crippen LogP contribution in [0.1, 0.15) is 38.8 Å². The van der Waals surface area contributed by atoms with Crippen LogP contribution in [0.4, 0.5) is 0 Å². The predicted molar refractivity (Wildman–Crippen MR) is 115 cm³/mol. The Balaban J connectivity index is 1.38. The number of carbonyl (C=O) groups is 2. The van der Waals surface area contributed by atoms with E-state index < -0.39 is 0 Å². The van der Waals surface area contributed by atoms with Crippen molar-refractivity contribution in [1.29, 1.82) is 0 Å². The standard InChI is InChI=1S/C23H36N4O2/c1-18-13-19(2)15-27(14-18)23(29)17-26-11-9-25(10-12-26)16-22(28)24-20(3)21-7-5-4-6-8-21/h4-8,18-20H,9-17H2,1-3H3,(H,24,28)/t18-,19-,20-/m1/s1. The first kappa shape index (κ1) is 21.8. The molecule has 1 N–H and O–H groups in total. The maximum atomic E-state index is 12.7. The Morgan fingerprint density at radius 3 is 2.10 bits per heavy atom.